The predicted octanol–water partition coefficient (Wildman–Crippen LogP) is 3.10. The Balaban J connectivity index is 1.40. The zero-order valence-electron chi connectivity index (χ0n) is 15.9. The summed E-state index contributed by atoms with van der Waals surface area (Å²) in [5.74, 6) is 2.73. The van der Waals surface area contributed by atoms with Gasteiger partial charge in [0.2, 0.25) is 5.95 Å². The Morgan fingerprint density at radius 3 is 3.00 bits per heavy atom. The number of fused-ring (bicyclic) bond motifs is 1. The molecule has 1 aliphatic heterocycles. The Bertz CT molecular complexity index is 926. The van der Waals surface area contributed by atoms with Gasteiger partial charge < -0.3 is 4.90 Å². The highest BCUT2D eigenvalue weighted by Crippen LogP contribution is 2.37. The number of thiophene rings is 1. The molecule has 3 aromatic rings. The maximum absolute atomic E-state index is 4.56. The second-order valence-corrected chi connectivity index (χ2v) is 9.05. The van der Waals surface area contributed by atoms with Crippen molar-refractivity contribution in [1.29, 1.82) is 0 Å². The molecule has 8 heteroatoms. The molecule has 27 heavy (non-hydrogen) atoms. The van der Waals surface area contributed by atoms with Gasteiger partial charge in [0.1, 0.15) is 0 Å². The maximum Gasteiger partial charge on any atom is 0.227 e. The van der Waals surface area contributed by atoms with Crippen molar-refractivity contribution in [3.63, 3.8) is 0 Å². The maximum atomic E-state index is 4.56. The fourth-order valence-corrected chi connectivity index (χ4v) is 5.62. The van der Waals surface area contributed by atoms with Crippen molar-refractivity contribution >= 4 is 17.3 Å². The molecule has 0 radical (unpaired) electrons. The van der Waals surface area contributed by atoms with E-state index in [-0.39, 0.29) is 0 Å². The Morgan fingerprint density at radius 1 is 1.22 bits per heavy atom. The fraction of sp³-hybridized carbons (Fsp3) is 0.579. The van der Waals surface area contributed by atoms with Crippen LogP contribution < -0.4 is 4.90 Å². The predicted molar refractivity (Wildman–Crippen MR) is 106 cm³/mol. The number of aromatic nitrogens is 6. The van der Waals surface area contributed by atoms with E-state index < -0.39 is 0 Å². The molecule has 142 valence electrons. The SMILES string of the molecule is CC1CCc2sc(-c3nnc(N4CCCC(n5ccnn5)C4)n3C)cc2C1. The molecule has 4 heterocycles. The van der Waals surface area contributed by atoms with Crippen molar-refractivity contribution in [2.75, 3.05) is 18.0 Å². The van der Waals surface area contributed by atoms with Gasteiger partial charge in [-0.2, -0.15) is 0 Å². The van der Waals surface area contributed by atoms with Crippen molar-refractivity contribution in [2.45, 2.75) is 45.1 Å². The van der Waals surface area contributed by atoms with Gasteiger partial charge in [-0.1, -0.05) is 12.1 Å². The smallest absolute Gasteiger partial charge is 0.227 e. The molecule has 7 nitrogen and oxygen atoms in total. The van der Waals surface area contributed by atoms with Crippen LogP contribution in [0.1, 0.15) is 42.7 Å². The summed E-state index contributed by atoms with van der Waals surface area (Å²) >= 11 is 1.90. The lowest BCUT2D eigenvalue weighted by atomic mass is 9.90. The van der Waals surface area contributed by atoms with Crippen molar-refractivity contribution in [1.82, 2.24) is 29.8 Å². The summed E-state index contributed by atoms with van der Waals surface area (Å²) < 4.78 is 4.13. The van der Waals surface area contributed by atoms with Crippen LogP contribution in [0.3, 0.4) is 0 Å². The summed E-state index contributed by atoms with van der Waals surface area (Å²) in [4.78, 5) is 5.12. The Morgan fingerprint density at radius 2 is 2.15 bits per heavy atom. The van der Waals surface area contributed by atoms with Crippen molar-refractivity contribution in [3.8, 4) is 10.7 Å². The lowest BCUT2D eigenvalue weighted by molar-refractivity contribution is 0.365. The minimum atomic E-state index is 0.344. The van der Waals surface area contributed by atoms with Crippen LogP contribution in [0.15, 0.2) is 18.5 Å². The fourth-order valence-electron chi connectivity index (χ4n) is 4.39. The summed E-state index contributed by atoms with van der Waals surface area (Å²) in [6.07, 6.45) is 9.65. The third-order valence-electron chi connectivity index (χ3n) is 5.90. The van der Waals surface area contributed by atoms with Crippen LogP contribution in [0.2, 0.25) is 0 Å². The van der Waals surface area contributed by atoms with Gasteiger partial charge in [-0.25, -0.2) is 4.68 Å². The molecule has 0 spiro atoms. The number of hydrogen-bond donors (Lipinski definition) is 0. The summed E-state index contributed by atoms with van der Waals surface area (Å²) in [5.41, 5.74) is 1.52. The van der Waals surface area contributed by atoms with E-state index in [9.17, 15) is 0 Å². The van der Waals surface area contributed by atoms with Gasteiger partial charge in [0.25, 0.3) is 0 Å². The van der Waals surface area contributed by atoms with E-state index in [4.69, 9.17) is 0 Å². The van der Waals surface area contributed by atoms with Gasteiger partial charge in [0.05, 0.1) is 17.1 Å². The summed E-state index contributed by atoms with van der Waals surface area (Å²) in [6, 6.07) is 2.69. The van der Waals surface area contributed by atoms with Crippen molar-refractivity contribution in [2.24, 2.45) is 13.0 Å². The molecular weight excluding hydrogens is 358 g/mol. The summed E-state index contributed by atoms with van der Waals surface area (Å²) in [6.45, 7) is 4.26. The van der Waals surface area contributed by atoms with E-state index in [2.05, 4.69) is 50.0 Å². The number of nitrogens with zero attached hydrogens (tertiary/aromatic N) is 7. The van der Waals surface area contributed by atoms with Crippen LogP contribution >= 0.6 is 11.3 Å². The molecule has 5 rings (SSSR count). The monoisotopic (exact) mass is 383 g/mol. The molecule has 0 bridgehead atoms. The van der Waals surface area contributed by atoms with Crippen molar-refractivity contribution < 1.29 is 0 Å². The molecule has 1 aliphatic carbocycles. The van der Waals surface area contributed by atoms with Gasteiger partial charge >= 0.3 is 0 Å². The number of rotatable bonds is 3. The van der Waals surface area contributed by atoms with Gasteiger partial charge in [0.15, 0.2) is 5.82 Å². The minimum Gasteiger partial charge on any atom is -0.339 e. The van der Waals surface area contributed by atoms with Crippen LogP contribution in [0.5, 0.6) is 0 Å². The first-order valence-electron chi connectivity index (χ1n) is 9.81. The lowest BCUT2D eigenvalue weighted by Gasteiger charge is -2.32. The molecular formula is C19H25N7S. The normalized spacial score (nSPS) is 22.8. The minimum absolute atomic E-state index is 0.344. The molecule has 1 fully saturated rings. The average molecular weight is 384 g/mol. The molecule has 0 N–H and O–H groups in total. The zero-order chi connectivity index (χ0) is 18.4. The molecule has 2 atom stereocenters. The second-order valence-electron chi connectivity index (χ2n) is 7.91. The van der Waals surface area contributed by atoms with Gasteiger partial charge in [0, 0.05) is 31.2 Å². The Hall–Kier alpha value is -2.22. The Labute approximate surface area is 163 Å². The van der Waals surface area contributed by atoms with E-state index in [0.29, 0.717) is 6.04 Å². The highest BCUT2D eigenvalue weighted by molar-refractivity contribution is 7.15. The van der Waals surface area contributed by atoms with Crippen molar-refractivity contribution in [3.05, 3.63) is 28.9 Å². The van der Waals surface area contributed by atoms with Gasteiger partial charge in [-0.3, -0.25) is 4.57 Å². The van der Waals surface area contributed by atoms with Crippen LogP contribution in [0, 0.1) is 5.92 Å². The van der Waals surface area contributed by atoms with Gasteiger partial charge in [-0.05, 0) is 49.7 Å². The molecule has 1 saturated heterocycles. The van der Waals surface area contributed by atoms with Crippen LogP contribution in [0.25, 0.3) is 10.7 Å². The second kappa shape index (κ2) is 6.74. The highest BCUT2D eigenvalue weighted by atomic mass is 32.1. The molecule has 2 aliphatic rings. The van der Waals surface area contributed by atoms with E-state index in [1.165, 1.54) is 34.6 Å². The van der Waals surface area contributed by atoms with E-state index in [1.54, 1.807) is 6.20 Å². The molecule has 3 aromatic heterocycles. The summed E-state index contributed by atoms with van der Waals surface area (Å²) in [5, 5.41) is 17.3. The molecule has 0 aromatic carbocycles. The quantitative estimate of drug-likeness (QED) is 0.695. The first kappa shape index (κ1) is 16.9. The van der Waals surface area contributed by atoms with Crippen LogP contribution in [0.4, 0.5) is 5.95 Å². The number of hydrogen-bond acceptors (Lipinski definition) is 6. The largest absolute Gasteiger partial charge is 0.339 e. The first-order chi connectivity index (χ1) is 13.2. The highest BCUT2D eigenvalue weighted by Gasteiger charge is 2.27. The third-order valence-corrected chi connectivity index (χ3v) is 7.13. The van der Waals surface area contributed by atoms with Crippen LogP contribution in [-0.2, 0) is 19.9 Å². The van der Waals surface area contributed by atoms with E-state index in [1.807, 2.05) is 22.2 Å². The summed E-state index contributed by atoms with van der Waals surface area (Å²) in [7, 11) is 2.09. The third kappa shape index (κ3) is 3.05. The molecule has 2 unspecified atom stereocenters. The topological polar surface area (TPSA) is 64.7 Å². The zero-order valence-corrected chi connectivity index (χ0v) is 16.7. The van der Waals surface area contributed by atoms with Crippen LogP contribution in [-0.4, -0.2) is 42.8 Å². The number of piperidine rings is 1. The molecule has 0 saturated carbocycles. The van der Waals surface area contributed by atoms with E-state index >= 15 is 0 Å². The lowest BCUT2D eigenvalue weighted by Crippen LogP contribution is -2.38. The standard InChI is InChI=1S/C19H25N7S/c1-13-5-6-16-14(10-13)11-17(27-16)18-21-22-19(24(18)2)25-8-3-4-15(12-25)26-9-7-20-23-26/h7,9,11,13,15H,3-6,8,10,12H2,1-2H3. The number of anilines is 1. The average Bonchev–Trinajstić information content (AvgIpc) is 3.40. The van der Waals surface area contributed by atoms with Gasteiger partial charge in [-0.15, -0.1) is 26.6 Å². The van der Waals surface area contributed by atoms with E-state index in [0.717, 1.165) is 43.6 Å². The molecule has 0 amide bonds. The number of aryl methyl sites for hydroxylation is 1. The Kier molecular flexibility index (Phi) is 4.22. The first-order valence-corrected chi connectivity index (χ1v) is 10.6.